The molecule has 2 rings (SSSR count). The van der Waals surface area contributed by atoms with E-state index in [-0.39, 0.29) is 12.0 Å². The molecule has 1 aliphatic rings. The van der Waals surface area contributed by atoms with E-state index in [2.05, 4.69) is 22.2 Å². The molecule has 24 heavy (non-hydrogen) atoms. The summed E-state index contributed by atoms with van der Waals surface area (Å²) >= 11 is 0. The van der Waals surface area contributed by atoms with Crippen molar-refractivity contribution in [3.05, 3.63) is 35.4 Å². The molecule has 0 aromatic heterocycles. The molecule has 6 heteroatoms. The molecule has 0 saturated heterocycles. The Morgan fingerprint density at radius 2 is 2.04 bits per heavy atom. The Morgan fingerprint density at radius 3 is 2.71 bits per heavy atom. The summed E-state index contributed by atoms with van der Waals surface area (Å²) in [6.45, 7) is 8.30. The molecular formula is C18H28N2O3S. The number of hydrogen-bond acceptors (Lipinski definition) is 3. The van der Waals surface area contributed by atoms with E-state index in [0.29, 0.717) is 5.75 Å². The third kappa shape index (κ3) is 5.31. The van der Waals surface area contributed by atoms with Gasteiger partial charge in [-0.1, -0.05) is 31.2 Å². The molecule has 0 fully saturated rings. The van der Waals surface area contributed by atoms with E-state index in [1.54, 1.807) is 0 Å². The number of rotatable bonds is 6. The number of carbonyl (C=O) groups excluding carboxylic acids is 1. The molecule has 0 bridgehead atoms. The standard InChI is InChI=1S/C18H28N2O3S/c1-5-10-19-24(22)12-15-14-9-7-6-8-13(14)11-16(15)20-17(21)23-18(2,3)4/h6-9,15-16,19H,5,10-12H2,1-4H3,(H,20,21)/t15-,16-,24?/m1/s1. The van der Waals surface area contributed by atoms with Crippen molar-refractivity contribution in [2.45, 2.75) is 58.1 Å². The fraction of sp³-hybridized carbons (Fsp3) is 0.611. The van der Waals surface area contributed by atoms with E-state index in [1.165, 1.54) is 11.1 Å². The minimum atomic E-state index is -1.11. The molecule has 1 unspecified atom stereocenters. The predicted octanol–water partition coefficient (Wildman–Crippen LogP) is 2.88. The lowest BCUT2D eigenvalue weighted by Crippen LogP contribution is -2.43. The maximum atomic E-state index is 12.3. The zero-order valence-electron chi connectivity index (χ0n) is 14.9. The van der Waals surface area contributed by atoms with Crippen molar-refractivity contribution in [3.63, 3.8) is 0 Å². The van der Waals surface area contributed by atoms with Gasteiger partial charge in [-0.05, 0) is 44.7 Å². The van der Waals surface area contributed by atoms with Crippen LogP contribution < -0.4 is 10.0 Å². The van der Waals surface area contributed by atoms with Gasteiger partial charge in [0.1, 0.15) is 5.60 Å². The van der Waals surface area contributed by atoms with Crippen LogP contribution >= 0.6 is 0 Å². The molecule has 0 aliphatic heterocycles. The topological polar surface area (TPSA) is 67.4 Å². The first-order valence-electron chi connectivity index (χ1n) is 8.49. The maximum absolute atomic E-state index is 12.3. The van der Waals surface area contributed by atoms with Crippen LogP contribution in [0.5, 0.6) is 0 Å². The molecule has 1 amide bonds. The van der Waals surface area contributed by atoms with E-state index in [9.17, 15) is 9.00 Å². The van der Waals surface area contributed by atoms with Crippen molar-refractivity contribution in [2.75, 3.05) is 12.3 Å². The lowest BCUT2D eigenvalue weighted by molar-refractivity contribution is 0.0501. The Morgan fingerprint density at radius 1 is 1.33 bits per heavy atom. The van der Waals surface area contributed by atoms with E-state index < -0.39 is 22.7 Å². The monoisotopic (exact) mass is 352 g/mol. The molecule has 0 heterocycles. The van der Waals surface area contributed by atoms with Crippen LogP contribution in [0.4, 0.5) is 4.79 Å². The van der Waals surface area contributed by atoms with Gasteiger partial charge in [0.2, 0.25) is 0 Å². The van der Waals surface area contributed by atoms with Crippen LogP contribution in [0, 0.1) is 0 Å². The van der Waals surface area contributed by atoms with Gasteiger partial charge in [0.15, 0.2) is 0 Å². The van der Waals surface area contributed by atoms with Crippen molar-refractivity contribution < 1.29 is 13.7 Å². The first-order valence-corrected chi connectivity index (χ1v) is 9.81. The van der Waals surface area contributed by atoms with Crippen molar-refractivity contribution in [1.29, 1.82) is 0 Å². The first kappa shape index (κ1) is 18.9. The molecule has 0 saturated carbocycles. The third-order valence-corrected chi connectivity index (χ3v) is 5.11. The number of hydrogen-bond donors (Lipinski definition) is 2. The summed E-state index contributed by atoms with van der Waals surface area (Å²) in [6.07, 6.45) is 1.26. The van der Waals surface area contributed by atoms with Gasteiger partial charge in [-0.2, -0.15) is 0 Å². The number of fused-ring (bicyclic) bond motifs is 1. The summed E-state index contributed by atoms with van der Waals surface area (Å²) in [7, 11) is -1.11. The summed E-state index contributed by atoms with van der Waals surface area (Å²) in [5.74, 6) is 0.510. The molecule has 1 aromatic rings. The average molecular weight is 353 g/mol. The number of benzene rings is 1. The molecule has 0 spiro atoms. The summed E-state index contributed by atoms with van der Waals surface area (Å²) in [6, 6.07) is 8.03. The lowest BCUT2D eigenvalue weighted by Gasteiger charge is -2.25. The summed E-state index contributed by atoms with van der Waals surface area (Å²) in [4.78, 5) is 12.1. The first-order chi connectivity index (χ1) is 11.3. The highest BCUT2D eigenvalue weighted by Crippen LogP contribution is 2.34. The van der Waals surface area contributed by atoms with Crippen molar-refractivity contribution in [2.24, 2.45) is 0 Å². The Kier molecular flexibility index (Phi) is 6.40. The number of amides is 1. The van der Waals surface area contributed by atoms with Gasteiger partial charge in [-0.15, -0.1) is 0 Å². The molecule has 5 nitrogen and oxygen atoms in total. The molecule has 2 N–H and O–H groups in total. The number of carbonyl (C=O) groups is 1. The quantitative estimate of drug-likeness (QED) is 0.827. The van der Waals surface area contributed by atoms with Gasteiger partial charge in [0.05, 0.1) is 11.0 Å². The van der Waals surface area contributed by atoms with Gasteiger partial charge in [-0.25, -0.2) is 13.7 Å². The zero-order valence-corrected chi connectivity index (χ0v) is 15.7. The van der Waals surface area contributed by atoms with E-state index in [1.807, 2.05) is 39.8 Å². The largest absolute Gasteiger partial charge is 0.444 e. The third-order valence-electron chi connectivity index (χ3n) is 3.93. The molecular weight excluding hydrogens is 324 g/mol. The van der Waals surface area contributed by atoms with Gasteiger partial charge in [-0.3, -0.25) is 0 Å². The average Bonchev–Trinajstić information content (AvgIpc) is 2.81. The summed E-state index contributed by atoms with van der Waals surface area (Å²) in [5.41, 5.74) is 1.84. The van der Waals surface area contributed by atoms with Crippen molar-refractivity contribution in [3.8, 4) is 0 Å². The molecule has 3 atom stereocenters. The van der Waals surface area contributed by atoms with Gasteiger partial charge < -0.3 is 10.1 Å². The summed E-state index contributed by atoms with van der Waals surface area (Å²) in [5, 5.41) is 2.97. The predicted molar refractivity (Wildman–Crippen MR) is 97.3 cm³/mol. The smallest absolute Gasteiger partial charge is 0.407 e. The number of nitrogens with one attached hydrogen (secondary N) is 2. The van der Waals surface area contributed by atoms with Crippen LogP contribution in [0.25, 0.3) is 0 Å². The minimum Gasteiger partial charge on any atom is -0.444 e. The maximum Gasteiger partial charge on any atom is 0.407 e. The second-order valence-electron chi connectivity index (χ2n) is 7.17. The number of alkyl carbamates (subject to hydrolysis) is 1. The Bertz CT molecular complexity index is 598. The SMILES string of the molecule is CCCNS(=O)C[C@@H]1c2ccccc2C[C@H]1NC(=O)OC(C)(C)C. The van der Waals surface area contributed by atoms with E-state index >= 15 is 0 Å². The Labute approximate surface area is 147 Å². The normalized spacial score (nSPS) is 21.2. The van der Waals surface area contributed by atoms with Gasteiger partial charge in [0, 0.05) is 24.3 Å². The lowest BCUT2D eigenvalue weighted by atomic mass is 10.0. The second kappa shape index (κ2) is 8.12. The van der Waals surface area contributed by atoms with Crippen molar-refractivity contribution in [1.82, 2.24) is 10.0 Å². The van der Waals surface area contributed by atoms with Crippen LogP contribution in [0.3, 0.4) is 0 Å². The van der Waals surface area contributed by atoms with E-state index in [4.69, 9.17) is 4.74 Å². The van der Waals surface area contributed by atoms with Crippen LogP contribution in [0.2, 0.25) is 0 Å². The molecule has 1 aliphatic carbocycles. The highest BCUT2D eigenvalue weighted by Gasteiger charge is 2.35. The number of ether oxygens (including phenoxy) is 1. The molecule has 134 valence electrons. The van der Waals surface area contributed by atoms with Crippen molar-refractivity contribution >= 4 is 17.1 Å². The van der Waals surface area contributed by atoms with Crippen LogP contribution in [-0.4, -0.2) is 34.2 Å². The van der Waals surface area contributed by atoms with E-state index in [0.717, 1.165) is 19.4 Å². The second-order valence-corrected chi connectivity index (χ2v) is 8.48. The minimum absolute atomic E-state index is 0.0268. The molecule has 0 radical (unpaired) electrons. The van der Waals surface area contributed by atoms with Crippen LogP contribution in [0.1, 0.15) is 51.2 Å². The highest BCUT2D eigenvalue weighted by molar-refractivity contribution is 7.83. The highest BCUT2D eigenvalue weighted by atomic mass is 32.2. The Balaban J connectivity index is 2.09. The van der Waals surface area contributed by atoms with Gasteiger partial charge in [0.25, 0.3) is 0 Å². The molecule has 1 aromatic carbocycles. The fourth-order valence-corrected chi connectivity index (χ4v) is 4.22. The Hall–Kier alpha value is -1.40. The summed E-state index contributed by atoms with van der Waals surface area (Å²) < 4.78 is 20.7. The van der Waals surface area contributed by atoms with Crippen LogP contribution in [0.15, 0.2) is 24.3 Å². The van der Waals surface area contributed by atoms with Crippen LogP contribution in [-0.2, 0) is 22.1 Å². The zero-order chi connectivity index (χ0) is 17.7. The van der Waals surface area contributed by atoms with Gasteiger partial charge >= 0.3 is 6.09 Å². The fourth-order valence-electron chi connectivity index (χ4n) is 2.93.